The molecule has 2 nitrogen and oxygen atoms in total. The Morgan fingerprint density at radius 2 is 0.800 bits per heavy atom. The van der Waals surface area contributed by atoms with E-state index >= 15 is 0 Å². The van der Waals surface area contributed by atoms with Gasteiger partial charge in [-0.3, -0.25) is 0 Å². The van der Waals surface area contributed by atoms with E-state index in [1.807, 2.05) is 0 Å². The van der Waals surface area contributed by atoms with Gasteiger partial charge >= 0.3 is 228 Å². The van der Waals surface area contributed by atoms with Crippen LogP contribution < -0.4 is 0 Å². The number of fused-ring (bicyclic) bond motifs is 4. The van der Waals surface area contributed by atoms with E-state index in [1.54, 1.807) is 0 Å². The van der Waals surface area contributed by atoms with Crippen molar-refractivity contribution in [3.8, 4) is 19.7 Å². The maximum absolute atomic E-state index is 4.19. The summed E-state index contributed by atoms with van der Waals surface area (Å²) < 4.78 is 14.9. The average molecular weight is 613 g/mol. The third kappa shape index (κ3) is 5.59. The van der Waals surface area contributed by atoms with Crippen molar-refractivity contribution in [2.24, 2.45) is 0 Å². The molecule has 0 aliphatic carbocycles. The van der Waals surface area contributed by atoms with Gasteiger partial charge in [-0.2, -0.15) is 0 Å². The first kappa shape index (κ1) is 28.4. The van der Waals surface area contributed by atoms with Crippen LogP contribution in [0.5, 0.6) is 0 Å². The molecule has 0 aromatic heterocycles. The zero-order chi connectivity index (χ0) is 25.4. The summed E-state index contributed by atoms with van der Waals surface area (Å²) in [6.07, 6.45) is 17.4. The quantitative estimate of drug-likeness (QED) is 0.221. The third-order valence-electron chi connectivity index (χ3n) is 9.87. The fourth-order valence-corrected chi connectivity index (χ4v) is 43.0. The van der Waals surface area contributed by atoms with Crippen molar-refractivity contribution in [1.82, 2.24) is 5.40 Å². The maximum atomic E-state index is 4.19. The molecule has 7 heteroatoms. The fraction of sp³-hybridized carbons (Fsp3) is 0.857. The molecular weight excluding hydrogens is 561 g/mol. The molecule has 192 valence electrons. The molecule has 0 aromatic rings. The molecule has 0 amide bonds. The van der Waals surface area contributed by atoms with Crippen LogP contribution in [-0.2, 0) is 0 Å². The summed E-state index contributed by atoms with van der Waals surface area (Å²) >= 11 is -3.66. The number of nitrogens with zero attached hydrogens (tertiary/aromatic N) is 2. The van der Waals surface area contributed by atoms with Crippen LogP contribution >= 0.6 is 0 Å². The van der Waals surface area contributed by atoms with Crippen LogP contribution in [0.25, 0.3) is 0 Å². The Labute approximate surface area is 226 Å². The molecule has 0 atom stereocenters. The van der Waals surface area contributed by atoms with Gasteiger partial charge < -0.3 is 0 Å². The molecule has 0 aromatic carbocycles. The summed E-state index contributed by atoms with van der Waals surface area (Å²) in [6, 6.07) is 0. The molecule has 4 heterocycles. The summed E-state index contributed by atoms with van der Waals surface area (Å²) in [4.78, 5) is 0. The predicted octanol–water partition coefficient (Wildman–Crippen LogP) is 8.03. The van der Waals surface area contributed by atoms with Gasteiger partial charge in [-0.05, 0) is 0 Å². The summed E-state index contributed by atoms with van der Waals surface area (Å²) in [6.45, 7) is 21.7. The van der Waals surface area contributed by atoms with Crippen LogP contribution in [0.1, 0.15) is 90.9 Å². The summed E-state index contributed by atoms with van der Waals surface area (Å²) in [5.74, 6) is 10.8. The van der Waals surface area contributed by atoms with Crippen molar-refractivity contribution in [1.29, 1.82) is 0 Å². The molecule has 4 fully saturated rings. The molecule has 35 heavy (non-hydrogen) atoms. The van der Waals surface area contributed by atoms with E-state index in [2.05, 4.69) is 78.2 Å². The van der Waals surface area contributed by atoms with Gasteiger partial charge in [-0.15, -0.1) is 0 Å². The Balaban J connectivity index is 1.95. The second-order valence-electron chi connectivity index (χ2n) is 14.2. The number of hydrogen-bond acceptors (Lipinski definition) is 2. The first-order chi connectivity index (χ1) is 16.5. The zero-order valence-electron chi connectivity index (χ0n) is 24.3. The van der Waals surface area contributed by atoms with Crippen LogP contribution in [-0.4, -0.2) is 54.5 Å². The molecule has 0 radical (unpaired) electrons. The first-order valence-corrected chi connectivity index (χ1v) is 27.3. The van der Waals surface area contributed by atoms with Crippen LogP contribution in [0.15, 0.2) is 0 Å². The molecule has 4 aliphatic heterocycles. The van der Waals surface area contributed by atoms with Gasteiger partial charge in [0.15, 0.2) is 0 Å². The SMILES string of the molecule is CC#[C][Sn]([C]#CC)([N](B1C2CCCC1CCC2)[Si](C)(C)C)[N](B1C2CCCC1CCC2)[Si](C)(C)C. The van der Waals surface area contributed by atoms with Gasteiger partial charge in [0, 0.05) is 0 Å². The first-order valence-electron chi connectivity index (χ1n) is 15.0. The van der Waals surface area contributed by atoms with E-state index in [0.29, 0.717) is 0 Å². The third-order valence-corrected chi connectivity index (χ3v) is 38.3. The summed E-state index contributed by atoms with van der Waals surface area (Å²) in [5.41, 5.74) is 0. The van der Waals surface area contributed by atoms with Gasteiger partial charge in [0.1, 0.15) is 0 Å². The predicted molar refractivity (Wildman–Crippen MR) is 165 cm³/mol. The van der Waals surface area contributed by atoms with Crippen LogP contribution in [0.2, 0.25) is 62.6 Å². The molecule has 0 N–H and O–H groups in total. The van der Waals surface area contributed by atoms with Gasteiger partial charge in [0.05, 0.1) is 0 Å². The van der Waals surface area contributed by atoms with E-state index in [-0.39, 0.29) is 0 Å². The molecule has 4 bridgehead atoms. The van der Waals surface area contributed by atoms with Crippen molar-refractivity contribution in [3.63, 3.8) is 0 Å². The Kier molecular flexibility index (Phi) is 9.13. The van der Waals surface area contributed by atoms with Crippen molar-refractivity contribution < 1.29 is 0 Å². The van der Waals surface area contributed by atoms with E-state index in [1.165, 1.54) is 77.0 Å². The van der Waals surface area contributed by atoms with Gasteiger partial charge in [0.25, 0.3) is 0 Å². The fourth-order valence-electron chi connectivity index (χ4n) is 9.16. The summed E-state index contributed by atoms with van der Waals surface area (Å²) in [5, 5.41) is 0. The molecule has 4 rings (SSSR count). The average Bonchev–Trinajstić information content (AvgIpc) is 2.72. The second-order valence-corrected chi connectivity index (χ2v) is 34.5. The zero-order valence-corrected chi connectivity index (χ0v) is 29.2. The van der Waals surface area contributed by atoms with Crippen molar-refractivity contribution in [3.05, 3.63) is 0 Å². The van der Waals surface area contributed by atoms with Crippen molar-refractivity contribution >= 4 is 49.1 Å². The van der Waals surface area contributed by atoms with Gasteiger partial charge in [-0.25, -0.2) is 0 Å². The van der Waals surface area contributed by atoms with E-state index < -0.39 is 35.4 Å². The minimum absolute atomic E-state index is 0.754. The van der Waals surface area contributed by atoms with Crippen molar-refractivity contribution in [2.75, 3.05) is 0 Å². The molecule has 0 saturated carbocycles. The van der Waals surface area contributed by atoms with E-state index in [9.17, 15) is 0 Å². The Morgan fingerprint density at radius 1 is 0.543 bits per heavy atom. The Bertz CT molecular complexity index is 762. The monoisotopic (exact) mass is 614 g/mol. The van der Waals surface area contributed by atoms with Crippen LogP contribution in [0.4, 0.5) is 0 Å². The molecule has 0 unspecified atom stereocenters. The van der Waals surface area contributed by atoms with Crippen LogP contribution in [0, 0.1) is 19.7 Å². The van der Waals surface area contributed by atoms with Crippen molar-refractivity contribution in [2.45, 2.75) is 153 Å². The van der Waals surface area contributed by atoms with E-state index in [0.717, 1.165) is 37.0 Å². The van der Waals surface area contributed by atoms with E-state index in [4.69, 9.17) is 0 Å². The Morgan fingerprint density at radius 3 is 1.00 bits per heavy atom. The topological polar surface area (TPSA) is 6.48 Å². The Hall–Kier alpha value is 0.402. The number of rotatable bonds is 6. The number of hydrogen-bond donors (Lipinski definition) is 0. The molecule has 4 aliphatic rings. The summed E-state index contributed by atoms with van der Waals surface area (Å²) in [7, 11) is -3.38. The van der Waals surface area contributed by atoms with Gasteiger partial charge in [-0.1, -0.05) is 0 Å². The normalized spacial score (nSPS) is 29.4. The van der Waals surface area contributed by atoms with Gasteiger partial charge in [0.2, 0.25) is 0 Å². The molecule has 0 spiro atoms. The minimum atomic E-state index is -3.66. The second kappa shape index (κ2) is 11.3. The molecule has 4 saturated heterocycles. The van der Waals surface area contributed by atoms with Crippen LogP contribution in [0.3, 0.4) is 0 Å². The molecular formula is C28H52B2N2Si2Sn. The standard InChI is InChI=1S/2C11H23BNSi.2C3H3.Sn/c2*1-14(2,3)13-12-10-6-4-7-11(12)9-5-8-10;2*1-3-2;/h2*10-11H,4-9H2,1-3H3;2*1H3;/q2*-1;;;+2.